The SMILES string of the molecule is O=C(c1ccc2c(c1)CCC2)N1CCN(C(=O)c2ccccn2)CC1. The highest BCUT2D eigenvalue weighted by Crippen LogP contribution is 2.23. The van der Waals surface area contributed by atoms with Crippen molar-refractivity contribution < 1.29 is 9.59 Å². The van der Waals surface area contributed by atoms with Crippen LogP contribution in [-0.4, -0.2) is 52.8 Å². The second-order valence-corrected chi connectivity index (χ2v) is 6.64. The molecule has 0 radical (unpaired) electrons. The lowest BCUT2D eigenvalue weighted by atomic mass is 10.1. The van der Waals surface area contributed by atoms with Crippen LogP contribution in [-0.2, 0) is 12.8 Å². The molecule has 0 saturated carbocycles. The van der Waals surface area contributed by atoms with Gasteiger partial charge < -0.3 is 9.80 Å². The van der Waals surface area contributed by atoms with E-state index in [4.69, 9.17) is 0 Å². The number of benzene rings is 1. The first-order chi connectivity index (χ1) is 12.2. The molecule has 25 heavy (non-hydrogen) atoms. The molecule has 2 aliphatic rings. The maximum absolute atomic E-state index is 12.8. The molecule has 0 unspecified atom stereocenters. The Kier molecular flexibility index (Phi) is 4.22. The highest BCUT2D eigenvalue weighted by Gasteiger charge is 2.26. The van der Waals surface area contributed by atoms with Crippen LogP contribution in [0, 0.1) is 0 Å². The minimum Gasteiger partial charge on any atom is -0.335 e. The summed E-state index contributed by atoms with van der Waals surface area (Å²) in [5.41, 5.74) is 3.92. The lowest BCUT2D eigenvalue weighted by molar-refractivity contribution is 0.0532. The maximum Gasteiger partial charge on any atom is 0.272 e. The molecule has 2 amide bonds. The minimum atomic E-state index is -0.0646. The van der Waals surface area contributed by atoms with Crippen molar-refractivity contribution in [3.8, 4) is 0 Å². The first-order valence-electron chi connectivity index (χ1n) is 8.84. The fraction of sp³-hybridized carbons (Fsp3) is 0.350. The molecule has 0 spiro atoms. The third kappa shape index (κ3) is 3.14. The predicted octanol–water partition coefficient (Wildman–Crippen LogP) is 2.17. The molecule has 5 nitrogen and oxygen atoms in total. The molecule has 5 heteroatoms. The van der Waals surface area contributed by atoms with Crippen molar-refractivity contribution in [3.05, 3.63) is 65.0 Å². The number of nitrogens with zero attached hydrogens (tertiary/aromatic N) is 3. The average molecular weight is 335 g/mol. The van der Waals surface area contributed by atoms with Crippen LogP contribution >= 0.6 is 0 Å². The van der Waals surface area contributed by atoms with Crippen molar-refractivity contribution in [2.75, 3.05) is 26.2 Å². The molecule has 1 fully saturated rings. The van der Waals surface area contributed by atoms with Crippen LogP contribution in [0.25, 0.3) is 0 Å². The van der Waals surface area contributed by atoms with Gasteiger partial charge in [-0.05, 0) is 54.7 Å². The average Bonchev–Trinajstić information content (AvgIpc) is 3.15. The van der Waals surface area contributed by atoms with Gasteiger partial charge in [0.2, 0.25) is 0 Å². The molecule has 1 saturated heterocycles. The monoisotopic (exact) mass is 335 g/mol. The Bertz CT molecular complexity index is 796. The summed E-state index contributed by atoms with van der Waals surface area (Å²) in [4.78, 5) is 32.9. The van der Waals surface area contributed by atoms with E-state index in [1.165, 1.54) is 17.5 Å². The Morgan fingerprint density at radius 1 is 0.840 bits per heavy atom. The smallest absolute Gasteiger partial charge is 0.272 e. The van der Waals surface area contributed by atoms with E-state index in [0.717, 1.165) is 18.4 Å². The Balaban J connectivity index is 1.40. The van der Waals surface area contributed by atoms with Crippen molar-refractivity contribution >= 4 is 11.8 Å². The molecule has 1 aliphatic carbocycles. The lowest BCUT2D eigenvalue weighted by Gasteiger charge is -2.34. The topological polar surface area (TPSA) is 53.5 Å². The summed E-state index contributed by atoms with van der Waals surface area (Å²) >= 11 is 0. The third-order valence-corrected chi connectivity index (χ3v) is 5.08. The molecular weight excluding hydrogens is 314 g/mol. The predicted molar refractivity (Wildman–Crippen MR) is 94.5 cm³/mol. The van der Waals surface area contributed by atoms with Gasteiger partial charge in [-0.25, -0.2) is 0 Å². The summed E-state index contributed by atoms with van der Waals surface area (Å²) < 4.78 is 0. The summed E-state index contributed by atoms with van der Waals surface area (Å²) in [5, 5.41) is 0. The number of pyridine rings is 1. The zero-order valence-electron chi connectivity index (χ0n) is 14.1. The van der Waals surface area contributed by atoms with Crippen molar-refractivity contribution in [2.24, 2.45) is 0 Å². The molecule has 0 atom stereocenters. The molecule has 1 aromatic heterocycles. The highest BCUT2D eigenvalue weighted by atomic mass is 16.2. The number of aryl methyl sites for hydroxylation is 2. The number of carbonyl (C=O) groups is 2. The molecule has 2 heterocycles. The van der Waals surface area contributed by atoms with Gasteiger partial charge in [-0.3, -0.25) is 14.6 Å². The second-order valence-electron chi connectivity index (χ2n) is 6.64. The minimum absolute atomic E-state index is 0.0646. The highest BCUT2D eigenvalue weighted by molar-refractivity contribution is 5.95. The van der Waals surface area contributed by atoms with Crippen molar-refractivity contribution in [3.63, 3.8) is 0 Å². The fourth-order valence-corrected chi connectivity index (χ4v) is 3.65. The number of rotatable bonds is 2. The summed E-state index contributed by atoms with van der Waals surface area (Å²) in [6.45, 7) is 2.22. The standard InChI is InChI=1S/C20H21N3O2/c24-19(17-8-7-15-4-3-5-16(15)14-17)22-10-12-23(13-11-22)20(25)18-6-1-2-9-21-18/h1-2,6-9,14H,3-5,10-13H2. The Morgan fingerprint density at radius 2 is 1.56 bits per heavy atom. The molecule has 2 aromatic rings. The van der Waals surface area contributed by atoms with Gasteiger partial charge in [0, 0.05) is 37.9 Å². The van der Waals surface area contributed by atoms with E-state index in [-0.39, 0.29) is 11.8 Å². The van der Waals surface area contributed by atoms with Crippen LogP contribution in [0.1, 0.15) is 38.4 Å². The lowest BCUT2D eigenvalue weighted by Crippen LogP contribution is -2.50. The maximum atomic E-state index is 12.8. The number of piperazine rings is 1. The van der Waals surface area contributed by atoms with Crippen LogP contribution in [0.15, 0.2) is 42.6 Å². The second kappa shape index (κ2) is 6.67. The Labute approximate surface area is 147 Å². The molecule has 0 bridgehead atoms. The molecule has 0 N–H and O–H groups in total. The van der Waals surface area contributed by atoms with Crippen molar-refractivity contribution in [1.29, 1.82) is 0 Å². The van der Waals surface area contributed by atoms with Crippen LogP contribution in [0.2, 0.25) is 0 Å². The Hall–Kier alpha value is -2.69. The summed E-state index contributed by atoms with van der Waals surface area (Å²) in [6, 6.07) is 11.4. The van der Waals surface area contributed by atoms with E-state index in [9.17, 15) is 9.59 Å². The summed E-state index contributed by atoms with van der Waals surface area (Å²) in [6.07, 6.45) is 5.00. The largest absolute Gasteiger partial charge is 0.335 e. The summed E-state index contributed by atoms with van der Waals surface area (Å²) in [7, 11) is 0. The van der Waals surface area contributed by atoms with Crippen LogP contribution in [0.3, 0.4) is 0 Å². The van der Waals surface area contributed by atoms with E-state index >= 15 is 0 Å². The van der Waals surface area contributed by atoms with E-state index in [2.05, 4.69) is 17.1 Å². The van der Waals surface area contributed by atoms with E-state index < -0.39 is 0 Å². The molecule has 128 valence electrons. The van der Waals surface area contributed by atoms with Crippen LogP contribution < -0.4 is 0 Å². The van der Waals surface area contributed by atoms with Gasteiger partial charge in [0.05, 0.1) is 0 Å². The first-order valence-corrected chi connectivity index (χ1v) is 8.84. The van der Waals surface area contributed by atoms with Gasteiger partial charge in [0.15, 0.2) is 0 Å². The zero-order valence-corrected chi connectivity index (χ0v) is 14.1. The molecular formula is C20H21N3O2. The molecule has 4 rings (SSSR count). The fourth-order valence-electron chi connectivity index (χ4n) is 3.65. The number of aromatic nitrogens is 1. The number of amides is 2. The van der Waals surface area contributed by atoms with E-state index in [1.807, 2.05) is 17.0 Å². The van der Waals surface area contributed by atoms with Crippen LogP contribution in [0.4, 0.5) is 0 Å². The molecule has 1 aromatic carbocycles. The quantitative estimate of drug-likeness (QED) is 0.845. The first kappa shape index (κ1) is 15.8. The van der Waals surface area contributed by atoms with Gasteiger partial charge in [-0.15, -0.1) is 0 Å². The number of hydrogen-bond donors (Lipinski definition) is 0. The summed E-state index contributed by atoms with van der Waals surface area (Å²) in [5.74, 6) is 0.00450. The normalized spacial score (nSPS) is 16.6. The van der Waals surface area contributed by atoms with Gasteiger partial charge in [0.1, 0.15) is 5.69 Å². The van der Waals surface area contributed by atoms with Gasteiger partial charge in [0.25, 0.3) is 11.8 Å². The van der Waals surface area contributed by atoms with Gasteiger partial charge in [-0.2, -0.15) is 0 Å². The van der Waals surface area contributed by atoms with Crippen molar-refractivity contribution in [2.45, 2.75) is 19.3 Å². The zero-order chi connectivity index (χ0) is 17.2. The van der Waals surface area contributed by atoms with Crippen LogP contribution in [0.5, 0.6) is 0 Å². The number of fused-ring (bicyclic) bond motifs is 1. The molecule has 1 aliphatic heterocycles. The van der Waals surface area contributed by atoms with E-state index in [0.29, 0.717) is 31.9 Å². The van der Waals surface area contributed by atoms with Gasteiger partial charge >= 0.3 is 0 Å². The number of carbonyl (C=O) groups excluding carboxylic acids is 2. The van der Waals surface area contributed by atoms with E-state index in [1.54, 1.807) is 23.2 Å². The van der Waals surface area contributed by atoms with Crippen molar-refractivity contribution in [1.82, 2.24) is 14.8 Å². The Morgan fingerprint density at radius 3 is 2.28 bits per heavy atom. The van der Waals surface area contributed by atoms with Gasteiger partial charge in [-0.1, -0.05) is 12.1 Å². The third-order valence-electron chi connectivity index (χ3n) is 5.08. The number of hydrogen-bond acceptors (Lipinski definition) is 3.